The van der Waals surface area contributed by atoms with Gasteiger partial charge < -0.3 is 0 Å². The first-order valence-corrected chi connectivity index (χ1v) is 10.9. The molecule has 0 aromatic heterocycles. The molecular weight excluding hydrogens is 312 g/mol. The Hall–Kier alpha value is -1.56. The van der Waals surface area contributed by atoms with Gasteiger partial charge in [0.05, 0.1) is 0 Å². The maximum Gasteiger partial charge on any atom is -0.00129 e. The van der Waals surface area contributed by atoms with Crippen LogP contribution in [0.2, 0.25) is 0 Å². The van der Waals surface area contributed by atoms with Gasteiger partial charge in [0, 0.05) is 0 Å². The maximum absolute atomic E-state index is 2.61. The average Bonchev–Trinajstić information content (AvgIpc) is 2.75. The highest BCUT2D eigenvalue weighted by Gasteiger charge is 2.50. The van der Waals surface area contributed by atoms with Crippen LogP contribution in [0, 0.1) is 5.92 Å². The van der Waals surface area contributed by atoms with E-state index in [-0.39, 0.29) is 0 Å². The monoisotopic (exact) mass is 346 g/mol. The maximum atomic E-state index is 2.61. The predicted octanol–water partition coefficient (Wildman–Crippen LogP) is 7.43. The van der Waals surface area contributed by atoms with Crippen LogP contribution in [0.15, 0.2) is 60.7 Å². The molecule has 2 aromatic carbocycles. The fraction of sp³-hybridized carbons (Fsp3) is 0.538. The number of hydrogen-bond donors (Lipinski definition) is 0. The van der Waals surface area contributed by atoms with Gasteiger partial charge in [-0.3, -0.25) is 0 Å². The van der Waals surface area contributed by atoms with Gasteiger partial charge in [-0.15, -0.1) is 0 Å². The second kappa shape index (κ2) is 7.59. The van der Waals surface area contributed by atoms with Crippen LogP contribution in [-0.4, -0.2) is 0 Å². The van der Waals surface area contributed by atoms with Crippen molar-refractivity contribution in [2.45, 2.75) is 82.0 Å². The molecule has 4 rings (SSSR count). The van der Waals surface area contributed by atoms with Crippen molar-refractivity contribution in [3.63, 3.8) is 0 Å². The molecule has 2 aliphatic rings. The third kappa shape index (κ3) is 3.02. The molecule has 0 heterocycles. The van der Waals surface area contributed by atoms with E-state index in [4.69, 9.17) is 0 Å². The fourth-order valence-electron chi connectivity index (χ4n) is 6.38. The Morgan fingerprint density at radius 2 is 0.885 bits per heavy atom. The highest BCUT2D eigenvalue weighted by atomic mass is 14.5. The van der Waals surface area contributed by atoms with Crippen molar-refractivity contribution in [3.05, 3.63) is 71.8 Å². The van der Waals surface area contributed by atoms with Crippen molar-refractivity contribution in [1.82, 2.24) is 0 Å². The molecule has 0 aliphatic heterocycles. The van der Waals surface area contributed by atoms with Crippen LogP contribution < -0.4 is 0 Å². The van der Waals surface area contributed by atoms with E-state index in [9.17, 15) is 0 Å². The van der Waals surface area contributed by atoms with Crippen LogP contribution in [0.1, 0.15) is 82.3 Å². The smallest absolute Gasteiger partial charge is 0.00129 e. The molecular formula is C26H34. The third-order valence-corrected chi connectivity index (χ3v) is 7.85. The second-order valence-electron chi connectivity index (χ2n) is 8.89. The molecule has 2 saturated carbocycles. The first kappa shape index (κ1) is 17.8. The van der Waals surface area contributed by atoms with E-state index in [1.165, 1.54) is 64.2 Å². The van der Waals surface area contributed by atoms with Crippen molar-refractivity contribution in [2.24, 2.45) is 5.92 Å². The number of hydrogen-bond acceptors (Lipinski definition) is 0. The van der Waals surface area contributed by atoms with Gasteiger partial charge in [0.1, 0.15) is 0 Å². The minimum absolute atomic E-state index is 0.354. The van der Waals surface area contributed by atoms with E-state index in [0.717, 1.165) is 0 Å². The lowest BCUT2D eigenvalue weighted by Gasteiger charge is -2.54. The summed E-state index contributed by atoms with van der Waals surface area (Å²) in [6.45, 7) is 2.61. The third-order valence-electron chi connectivity index (χ3n) is 7.85. The van der Waals surface area contributed by atoms with E-state index in [0.29, 0.717) is 16.7 Å². The summed E-state index contributed by atoms with van der Waals surface area (Å²) in [5.74, 6) is 0.695. The Kier molecular flexibility index (Phi) is 5.20. The lowest BCUT2D eigenvalue weighted by atomic mass is 9.50. The molecule has 138 valence electrons. The standard InChI is InChI=1S/C26H34/c1-22(25(18-10-4-11-19-25)23-14-6-2-7-15-23)26(20-12-5-13-21-26)24-16-8-3-9-17-24/h2-3,6-9,14-17,22H,4-5,10-13,18-21H2,1H3. The summed E-state index contributed by atoms with van der Waals surface area (Å²) in [6.07, 6.45) is 13.9. The van der Waals surface area contributed by atoms with Gasteiger partial charge in [-0.05, 0) is 53.6 Å². The summed E-state index contributed by atoms with van der Waals surface area (Å²) in [5, 5.41) is 0. The SMILES string of the molecule is CC(C1(c2ccccc2)CCCCC1)C1(c2ccccc2)CCCCC1. The molecule has 0 bridgehead atoms. The molecule has 0 atom stereocenters. The lowest BCUT2D eigenvalue weighted by Crippen LogP contribution is -2.49. The van der Waals surface area contributed by atoms with E-state index in [1.54, 1.807) is 11.1 Å². The summed E-state index contributed by atoms with van der Waals surface area (Å²) in [7, 11) is 0. The molecule has 0 nitrogen and oxygen atoms in total. The highest BCUT2D eigenvalue weighted by molar-refractivity contribution is 5.34. The van der Waals surface area contributed by atoms with Gasteiger partial charge in [0.2, 0.25) is 0 Å². The largest absolute Gasteiger partial charge is 0.0622 e. The Bertz CT molecular complexity index is 611. The van der Waals surface area contributed by atoms with Crippen molar-refractivity contribution < 1.29 is 0 Å². The first-order chi connectivity index (χ1) is 12.8. The van der Waals surface area contributed by atoms with Crippen LogP contribution >= 0.6 is 0 Å². The summed E-state index contributed by atoms with van der Waals surface area (Å²) >= 11 is 0. The highest BCUT2D eigenvalue weighted by Crippen LogP contribution is 2.56. The quantitative estimate of drug-likeness (QED) is 0.540. The van der Waals surface area contributed by atoms with Gasteiger partial charge >= 0.3 is 0 Å². The zero-order chi connectivity index (χ0) is 17.9. The molecule has 0 N–H and O–H groups in total. The molecule has 2 fully saturated rings. The zero-order valence-corrected chi connectivity index (χ0v) is 16.4. The van der Waals surface area contributed by atoms with E-state index < -0.39 is 0 Å². The zero-order valence-electron chi connectivity index (χ0n) is 16.4. The Balaban J connectivity index is 1.81. The molecule has 0 radical (unpaired) electrons. The first-order valence-electron chi connectivity index (χ1n) is 10.9. The average molecular weight is 347 g/mol. The van der Waals surface area contributed by atoms with E-state index in [1.807, 2.05) is 0 Å². The van der Waals surface area contributed by atoms with Crippen LogP contribution in [0.4, 0.5) is 0 Å². The van der Waals surface area contributed by atoms with Crippen molar-refractivity contribution in [3.8, 4) is 0 Å². The second-order valence-corrected chi connectivity index (χ2v) is 8.89. The molecule has 0 heteroatoms. The molecule has 0 amide bonds. The van der Waals surface area contributed by atoms with Crippen molar-refractivity contribution >= 4 is 0 Å². The molecule has 0 saturated heterocycles. The molecule has 0 spiro atoms. The molecule has 2 aliphatic carbocycles. The predicted molar refractivity (Wildman–Crippen MR) is 112 cm³/mol. The van der Waals surface area contributed by atoms with Crippen LogP contribution in [0.5, 0.6) is 0 Å². The topological polar surface area (TPSA) is 0 Å². The molecule has 2 aromatic rings. The molecule has 0 unspecified atom stereocenters. The Labute approximate surface area is 160 Å². The Morgan fingerprint density at radius 3 is 1.23 bits per heavy atom. The van der Waals surface area contributed by atoms with Crippen molar-refractivity contribution in [1.29, 1.82) is 0 Å². The van der Waals surface area contributed by atoms with Gasteiger partial charge in [-0.2, -0.15) is 0 Å². The summed E-state index contributed by atoms with van der Waals surface area (Å²) in [6, 6.07) is 23.1. The number of rotatable bonds is 4. The minimum atomic E-state index is 0.354. The van der Waals surface area contributed by atoms with E-state index in [2.05, 4.69) is 67.6 Å². The fourth-order valence-corrected chi connectivity index (χ4v) is 6.38. The Morgan fingerprint density at radius 1 is 0.538 bits per heavy atom. The van der Waals surface area contributed by atoms with Crippen LogP contribution in [0.25, 0.3) is 0 Å². The van der Waals surface area contributed by atoms with Gasteiger partial charge in [-0.1, -0.05) is 106 Å². The lowest BCUT2D eigenvalue weighted by molar-refractivity contribution is 0.0881. The van der Waals surface area contributed by atoms with E-state index >= 15 is 0 Å². The van der Waals surface area contributed by atoms with Crippen LogP contribution in [-0.2, 0) is 10.8 Å². The van der Waals surface area contributed by atoms with Gasteiger partial charge in [0.15, 0.2) is 0 Å². The summed E-state index contributed by atoms with van der Waals surface area (Å²) < 4.78 is 0. The molecule has 26 heavy (non-hydrogen) atoms. The summed E-state index contributed by atoms with van der Waals surface area (Å²) in [5.41, 5.74) is 3.92. The minimum Gasteiger partial charge on any atom is -0.0622 e. The number of benzene rings is 2. The van der Waals surface area contributed by atoms with Gasteiger partial charge in [0.25, 0.3) is 0 Å². The van der Waals surface area contributed by atoms with Crippen LogP contribution in [0.3, 0.4) is 0 Å². The van der Waals surface area contributed by atoms with Gasteiger partial charge in [-0.25, -0.2) is 0 Å². The van der Waals surface area contributed by atoms with Crippen molar-refractivity contribution in [2.75, 3.05) is 0 Å². The summed E-state index contributed by atoms with van der Waals surface area (Å²) in [4.78, 5) is 0. The normalized spacial score (nSPS) is 22.2.